The number of nitrogens with zero attached hydrogens (tertiary/aromatic N) is 4. The van der Waals surface area contributed by atoms with Crippen LogP contribution in [-0.2, 0) is 0 Å². The normalized spacial score (nSPS) is 7.91. The van der Waals surface area contributed by atoms with E-state index in [9.17, 15) is 10.1 Å². The van der Waals surface area contributed by atoms with Crippen molar-refractivity contribution in [2.24, 2.45) is 0 Å². The van der Waals surface area contributed by atoms with Gasteiger partial charge >= 0.3 is 5.82 Å². The van der Waals surface area contributed by atoms with Crippen molar-refractivity contribution in [3.05, 3.63) is 15.8 Å². The zero-order valence-electron chi connectivity index (χ0n) is 5.61. The fourth-order valence-electron chi connectivity index (χ4n) is 0.425. The Bertz CT molecular complexity index is 301. The van der Waals surface area contributed by atoms with Gasteiger partial charge in [0.2, 0.25) is 0 Å². The molecule has 1 aromatic heterocycles. The van der Waals surface area contributed by atoms with Crippen LogP contribution < -0.4 is 0 Å². The van der Waals surface area contributed by atoms with E-state index >= 15 is 0 Å². The predicted octanol–water partition coefficient (Wildman–Crippen LogP) is -0.796. The van der Waals surface area contributed by atoms with Crippen molar-refractivity contribution < 1.29 is 4.92 Å². The second-order valence-corrected chi connectivity index (χ2v) is 1.38. The van der Waals surface area contributed by atoms with Crippen LogP contribution in [0.2, 0.25) is 0 Å². The number of aromatic nitrogens is 3. The summed E-state index contributed by atoms with van der Waals surface area (Å²) in [6.45, 7) is 0. The van der Waals surface area contributed by atoms with Gasteiger partial charge < -0.3 is 10.1 Å². The van der Waals surface area contributed by atoms with Crippen LogP contribution in [0.5, 0.6) is 0 Å². The van der Waals surface area contributed by atoms with Crippen molar-refractivity contribution in [3.8, 4) is 6.07 Å². The summed E-state index contributed by atoms with van der Waals surface area (Å²) in [4.78, 5) is 9.23. The molecule has 0 aromatic carbocycles. The van der Waals surface area contributed by atoms with E-state index in [1.165, 1.54) is 6.07 Å². The molecule has 7 nitrogen and oxygen atoms in total. The van der Waals surface area contributed by atoms with Crippen LogP contribution in [-0.4, -0.2) is 49.9 Å². The molecule has 0 atom stereocenters. The van der Waals surface area contributed by atoms with Crippen LogP contribution in [0.3, 0.4) is 0 Å². The van der Waals surface area contributed by atoms with E-state index in [0.29, 0.717) is 0 Å². The first-order valence-corrected chi connectivity index (χ1v) is 2.21. The number of hydrogen-bond acceptors (Lipinski definition) is 5. The van der Waals surface area contributed by atoms with Crippen molar-refractivity contribution in [2.75, 3.05) is 0 Å². The van der Waals surface area contributed by atoms with E-state index in [0.717, 1.165) is 0 Å². The third-order valence-electron chi connectivity index (χ3n) is 0.819. The molecule has 0 aliphatic carbocycles. The van der Waals surface area contributed by atoms with Crippen LogP contribution in [0.15, 0.2) is 0 Å². The summed E-state index contributed by atoms with van der Waals surface area (Å²) in [6, 6.07) is 1.51. The van der Waals surface area contributed by atoms with Gasteiger partial charge in [-0.1, -0.05) is 5.10 Å². The van der Waals surface area contributed by atoms with Gasteiger partial charge in [-0.3, -0.25) is 0 Å². The van der Waals surface area contributed by atoms with Crippen LogP contribution in [0.1, 0.15) is 5.69 Å². The number of H-pyrrole nitrogens is 1. The van der Waals surface area contributed by atoms with Gasteiger partial charge in [-0.2, -0.15) is 5.26 Å². The van der Waals surface area contributed by atoms with Gasteiger partial charge in [0.25, 0.3) is 5.69 Å². The van der Waals surface area contributed by atoms with Crippen LogP contribution in [0, 0.1) is 21.4 Å². The molecular weight excluding hydrogens is 161 g/mol. The third kappa shape index (κ3) is 1.98. The minimum Gasteiger partial charge on any atom is -0.358 e. The number of nitrogens with one attached hydrogen (secondary N) is 1. The van der Waals surface area contributed by atoms with Crippen LogP contribution in [0.4, 0.5) is 5.82 Å². The first kappa shape index (κ1) is 10.0. The first-order valence-electron chi connectivity index (χ1n) is 2.21. The van der Waals surface area contributed by atoms with Gasteiger partial charge in [-0.05, 0) is 4.92 Å². The first-order chi connectivity index (χ1) is 4.75. The van der Waals surface area contributed by atoms with Crippen molar-refractivity contribution >= 4 is 35.4 Å². The molecule has 1 radical (unpaired) electrons. The van der Waals surface area contributed by atoms with Gasteiger partial charge in [0.05, 0.1) is 0 Å². The van der Waals surface area contributed by atoms with Gasteiger partial charge in [0.15, 0.2) is 0 Å². The second-order valence-electron chi connectivity index (χ2n) is 1.38. The van der Waals surface area contributed by atoms with E-state index in [1.54, 1.807) is 0 Å². The quantitative estimate of drug-likeness (QED) is 0.330. The van der Waals surface area contributed by atoms with E-state index in [1.807, 2.05) is 5.10 Å². The van der Waals surface area contributed by atoms with E-state index < -0.39 is 10.7 Å². The molecule has 0 spiro atoms. The Balaban J connectivity index is 0.000001000. The third-order valence-corrected chi connectivity index (χ3v) is 0.819. The van der Waals surface area contributed by atoms with Crippen molar-refractivity contribution in [3.63, 3.8) is 0 Å². The van der Waals surface area contributed by atoms with Crippen LogP contribution in [0.25, 0.3) is 0 Å². The van der Waals surface area contributed by atoms with E-state index in [2.05, 4.69) is 10.3 Å². The summed E-state index contributed by atoms with van der Waals surface area (Å²) < 4.78 is 0. The molecule has 51 valence electrons. The molecule has 8 heteroatoms. The van der Waals surface area contributed by atoms with Gasteiger partial charge in [0, 0.05) is 34.8 Å². The monoisotopic (exact) mass is 162 g/mol. The number of hydrogen-bond donors (Lipinski definition) is 1. The summed E-state index contributed by atoms with van der Waals surface area (Å²) in [5, 5.41) is 26.4. The minimum atomic E-state index is -0.751. The summed E-state index contributed by atoms with van der Waals surface area (Å²) in [5.74, 6) is -0.470. The molecule has 0 fully saturated rings. The molecule has 1 heterocycles. The Morgan fingerprint density at radius 1 is 1.73 bits per heavy atom. The number of nitriles is 1. The summed E-state index contributed by atoms with van der Waals surface area (Å²) in [6.07, 6.45) is 0. The SMILES string of the molecule is N#Cc1nn[nH]c1[N+](=O)[O-].[Na]. The van der Waals surface area contributed by atoms with E-state index in [4.69, 9.17) is 5.26 Å². The Kier molecular flexibility index (Phi) is 3.67. The van der Waals surface area contributed by atoms with Crippen LogP contribution >= 0.6 is 0 Å². The van der Waals surface area contributed by atoms with Crippen molar-refractivity contribution in [1.82, 2.24) is 15.4 Å². The topological polar surface area (TPSA) is 108 Å². The molecular formula is C3HN5NaO2. The van der Waals surface area contributed by atoms with Gasteiger partial charge in [-0.15, -0.1) is 5.10 Å². The average Bonchev–Trinajstić information content (AvgIpc) is 2.33. The molecule has 0 saturated carbocycles. The number of nitro groups is 1. The molecule has 11 heavy (non-hydrogen) atoms. The maximum Gasteiger partial charge on any atom is 0.381 e. The standard InChI is InChI=1S/C3HN5O2.Na/c4-1-2-3(8(9)10)6-7-5-2;/h(H,5,6,7);. The smallest absolute Gasteiger partial charge is 0.358 e. The fraction of sp³-hybridized carbons (Fsp3) is 0. The van der Waals surface area contributed by atoms with Crippen molar-refractivity contribution in [2.45, 2.75) is 0 Å². The van der Waals surface area contributed by atoms with E-state index in [-0.39, 0.29) is 35.3 Å². The van der Waals surface area contributed by atoms with Gasteiger partial charge in [-0.25, -0.2) is 0 Å². The molecule has 1 aromatic rings. The zero-order valence-corrected chi connectivity index (χ0v) is 7.61. The van der Waals surface area contributed by atoms with Crippen molar-refractivity contribution in [1.29, 1.82) is 5.26 Å². The Labute approximate surface area is 82.8 Å². The second kappa shape index (κ2) is 4.02. The maximum atomic E-state index is 9.98. The molecule has 0 amide bonds. The Hall–Kier alpha value is -0.970. The summed E-state index contributed by atoms with van der Waals surface area (Å²) in [5.41, 5.74) is -0.301. The molecule has 1 rings (SSSR count). The predicted molar refractivity (Wildman–Crippen MR) is 33.5 cm³/mol. The minimum absolute atomic E-state index is 0. The van der Waals surface area contributed by atoms with Gasteiger partial charge in [0.1, 0.15) is 6.07 Å². The number of rotatable bonds is 1. The Morgan fingerprint density at radius 3 is 2.73 bits per heavy atom. The maximum absolute atomic E-state index is 9.98. The molecule has 0 saturated heterocycles. The molecule has 1 N–H and O–H groups in total. The average molecular weight is 162 g/mol. The molecule has 0 aliphatic rings. The summed E-state index contributed by atoms with van der Waals surface area (Å²) in [7, 11) is 0. The molecule has 0 bridgehead atoms. The number of aromatic amines is 1. The molecule has 0 aliphatic heterocycles. The zero-order chi connectivity index (χ0) is 7.56. The largest absolute Gasteiger partial charge is 0.381 e. The fourth-order valence-corrected chi connectivity index (χ4v) is 0.425. The summed E-state index contributed by atoms with van der Waals surface area (Å²) >= 11 is 0. The molecule has 0 unspecified atom stereocenters. The Morgan fingerprint density at radius 2 is 2.36 bits per heavy atom.